The number of carbonyl (C=O) groups is 1. The molecule has 0 aliphatic carbocycles. The molecule has 0 aromatic carbocycles. The molecule has 1 aliphatic rings. The van der Waals surface area contributed by atoms with Gasteiger partial charge in [0.2, 0.25) is 0 Å². The summed E-state index contributed by atoms with van der Waals surface area (Å²) < 4.78 is 1.74. The topological polar surface area (TPSA) is 58.4 Å². The van der Waals surface area contributed by atoms with Gasteiger partial charge in [0.05, 0.1) is 16.4 Å². The van der Waals surface area contributed by atoms with Crippen LogP contribution in [0.3, 0.4) is 0 Å². The molecule has 0 fully saturated rings. The quantitative estimate of drug-likeness (QED) is 0.942. The molecule has 3 heterocycles. The van der Waals surface area contributed by atoms with Gasteiger partial charge in [-0.05, 0) is 30.4 Å². The van der Waals surface area contributed by atoms with Gasteiger partial charge < -0.3 is 5.11 Å². The van der Waals surface area contributed by atoms with E-state index in [1.54, 1.807) is 16.0 Å². The number of carboxylic acid groups (broad SMARTS) is 1. The summed E-state index contributed by atoms with van der Waals surface area (Å²) in [6, 6.07) is 1.31. The van der Waals surface area contributed by atoms with E-state index in [2.05, 4.69) is 5.10 Å². The van der Waals surface area contributed by atoms with Gasteiger partial charge in [-0.15, -0.1) is 11.3 Å². The van der Waals surface area contributed by atoms with Gasteiger partial charge in [0.1, 0.15) is 6.04 Å². The summed E-state index contributed by atoms with van der Waals surface area (Å²) in [7, 11) is 1.84. The first-order valence-electron chi connectivity index (χ1n) is 6.70. The van der Waals surface area contributed by atoms with Gasteiger partial charge in [-0.25, -0.2) is 0 Å². The van der Waals surface area contributed by atoms with Gasteiger partial charge in [-0.2, -0.15) is 5.10 Å². The van der Waals surface area contributed by atoms with E-state index in [0.717, 1.165) is 23.4 Å². The Balaban J connectivity index is 1.93. The highest BCUT2D eigenvalue weighted by atomic mass is 35.5. The van der Waals surface area contributed by atoms with Crippen molar-refractivity contribution < 1.29 is 9.90 Å². The number of hydrogen-bond acceptors (Lipinski definition) is 4. The molecular formula is C14H16ClN3O2S. The molecule has 1 atom stereocenters. The van der Waals surface area contributed by atoms with Gasteiger partial charge in [-0.3, -0.25) is 14.4 Å². The maximum atomic E-state index is 11.7. The van der Waals surface area contributed by atoms with Crippen LogP contribution in [0.25, 0.3) is 0 Å². The standard InChI is InChI=1S/C14H16ClN3O2S/c1-8-12(15)10(17(2)16-8)7-18-5-3-11-9(4-6-21-11)13(18)14(19)20/h4,6,13H,3,5,7H2,1-2H3,(H,19,20). The zero-order valence-corrected chi connectivity index (χ0v) is 13.4. The molecule has 0 saturated carbocycles. The normalized spacial score (nSPS) is 18.7. The minimum Gasteiger partial charge on any atom is -0.480 e. The van der Waals surface area contributed by atoms with Crippen LogP contribution in [-0.2, 0) is 24.8 Å². The van der Waals surface area contributed by atoms with Crippen molar-refractivity contribution >= 4 is 28.9 Å². The predicted octanol–water partition coefficient (Wildman–Crippen LogP) is 2.63. The lowest BCUT2D eigenvalue weighted by Gasteiger charge is -2.33. The lowest BCUT2D eigenvalue weighted by molar-refractivity contribution is -0.144. The molecule has 2 aromatic rings. The minimum atomic E-state index is -0.815. The molecule has 1 unspecified atom stereocenters. The van der Waals surface area contributed by atoms with Crippen molar-refractivity contribution in [3.8, 4) is 0 Å². The number of aromatic nitrogens is 2. The molecular weight excluding hydrogens is 310 g/mol. The largest absolute Gasteiger partial charge is 0.480 e. The number of halogens is 1. The summed E-state index contributed by atoms with van der Waals surface area (Å²) in [5, 5.41) is 16.5. The number of aliphatic carboxylic acids is 1. The monoisotopic (exact) mass is 325 g/mol. The van der Waals surface area contributed by atoms with E-state index in [1.165, 1.54) is 4.88 Å². The fourth-order valence-corrected chi connectivity index (χ4v) is 4.00. The van der Waals surface area contributed by atoms with Gasteiger partial charge in [0.15, 0.2) is 0 Å². The molecule has 0 saturated heterocycles. The van der Waals surface area contributed by atoms with E-state index in [0.29, 0.717) is 18.1 Å². The summed E-state index contributed by atoms with van der Waals surface area (Å²) in [6.07, 6.45) is 0.880. The van der Waals surface area contributed by atoms with Crippen LogP contribution in [0, 0.1) is 6.92 Å². The molecule has 0 radical (unpaired) electrons. The SMILES string of the molecule is Cc1nn(C)c(CN2CCc3sccc3C2C(=O)O)c1Cl. The molecule has 1 N–H and O–H groups in total. The smallest absolute Gasteiger partial charge is 0.325 e. The average molecular weight is 326 g/mol. The lowest BCUT2D eigenvalue weighted by atomic mass is 10.00. The predicted molar refractivity (Wildman–Crippen MR) is 81.8 cm³/mol. The number of nitrogens with zero attached hydrogens (tertiary/aromatic N) is 3. The third-order valence-electron chi connectivity index (χ3n) is 3.91. The van der Waals surface area contributed by atoms with E-state index in [-0.39, 0.29) is 0 Å². The van der Waals surface area contributed by atoms with Gasteiger partial charge in [0, 0.05) is 25.0 Å². The van der Waals surface area contributed by atoms with Crippen LogP contribution in [-0.4, -0.2) is 32.3 Å². The van der Waals surface area contributed by atoms with Crippen LogP contribution in [0.4, 0.5) is 0 Å². The van der Waals surface area contributed by atoms with Crippen molar-refractivity contribution in [3.63, 3.8) is 0 Å². The summed E-state index contributed by atoms with van der Waals surface area (Å²) in [5.41, 5.74) is 2.54. The Bertz CT molecular complexity index is 694. The summed E-state index contributed by atoms with van der Waals surface area (Å²) in [6.45, 7) is 3.06. The first-order valence-corrected chi connectivity index (χ1v) is 7.96. The second-order valence-electron chi connectivity index (χ2n) is 5.23. The Morgan fingerprint density at radius 1 is 1.62 bits per heavy atom. The first-order chi connectivity index (χ1) is 9.99. The number of aryl methyl sites for hydroxylation is 2. The van der Waals surface area contributed by atoms with Gasteiger partial charge in [-0.1, -0.05) is 11.6 Å². The number of thiophene rings is 1. The number of carboxylic acids is 1. The Morgan fingerprint density at radius 2 is 2.38 bits per heavy atom. The number of hydrogen-bond donors (Lipinski definition) is 1. The fourth-order valence-electron chi connectivity index (χ4n) is 2.87. The molecule has 2 aromatic heterocycles. The molecule has 0 bridgehead atoms. The molecule has 112 valence electrons. The van der Waals surface area contributed by atoms with Crippen molar-refractivity contribution in [1.29, 1.82) is 0 Å². The zero-order chi connectivity index (χ0) is 15.1. The van der Waals surface area contributed by atoms with Gasteiger partial charge in [0.25, 0.3) is 0 Å². The average Bonchev–Trinajstić information content (AvgIpc) is 2.98. The molecule has 5 nitrogen and oxygen atoms in total. The zero-order valence-electron chi connectivity index (χ0n) is 11.8. The second-order valence-corrected chi connectivity index (χ2v) is 6.61. The Hall–Kier alpha value is -1.37. The summed E-state index contributed by atoms with van der Waals surface area (Å²) in [4.78, 5) is 14.8. The molecule has 0 spiro atoms. The van der Waals surface area contributed by atoms with Crippen LogP contribution < -0.4 is 0 Å². The van der Waals surface area contributed by atoms with E-state index >= 15 is 0 Å². The second kappa shape index (κ2) is 5.44. The van der Waals surface area contributed by atoms with Crippen LogP contribution in [0.15, 0.2) is 11.4 Å². The lowest BCUT2D eigenvalue weighted by Crippen LogP contribution is -2.39. The Labute approximate surface area is 131 Å². The van der Waals surface area contributed by atoms with Crippen LogP contribution >= 0.6 is 22.9 Å². The van der Waals surface area contributed by atoms with Crippen molar-refractivity contribution in [1.82, 2.24) is 14.7 Å². The maximum absolute atomic E-state index is 11.7. The fraction of sp³-hybridized carbons (Fsp3) is 0.429. The van der Waals surface area contributed by atoms with Crippen LogP contribution in [0.5, 0.6) is 0 Å². The highest BCUT2D eigenvalue weighted by molar-refractivity contribution is 7.10. The molecule has 21 heavy (non-hydrogen) atoms. The molecule has 1 aliphatic heterocycles. The highest BCUT2D eigenvalue weighted by Gasteiger charge is 2.34. The van der Waals surface area contributed by atoms with Crippen molar-refractivity contribution in [2.75, 3.05) is 6.54 Å². The van der Waals surface area contributed by atoms with Crippen molar-refractivity contribution in [3.05, 3.63) is 38.3 Å². The minimum absolute atomic E-state index is 0.489. The first kappa shape index (κ1) is 14.6. The molecule has 0 amide bonds. The number of fused-ring (bicyclic) bond motifs is 1. The van der Waals surface area contributed by atoms with E-state index in [1.807, 2.05) is 30.3 Å². The van der Waals surface area contributed by atoms with Crippen molar-refractivity contribution in [2.45, 2.75) is 25.9 Å². The third kappa shape index (κ3) is 2.47. The molecule has 3 rings (SSSR count). The maximum Gasteiger partial charge on any atom is 0.325 e. The van der Waals surface area contributed by atoms with Crippen LogP contribution in [0.2, 0.25) is 5.02 Å². The van der Waals surface area contributed by atoms with E-state index in [4.69, 9.17) is 11.6 Å². The number of rotatable bonds is 3. The third-order valence-corrected chi connectivity index (χ3v) is 5.40. The van der Waals surface area contributed by atoms with Gasteiger partial charge >= 0.3 is 5.97 Å². The highest BCUT2D eigenvalue weighted by Crippen LogP contribution is 2.35. The summed E-state index contributed by atoms with van der Waals surface area (Å²) in [5.74, 6) is -0.815. The van der Waals surface area contributed by atoms with E-state index in [9.17, 15) is 9.90 Å². The summed E-state index contributed by atoms with van der Waals surface area (Å²) >= 11 is 7.92. The Kier molecular flexibility index (Phi) is 3.77. The molecule has 7 heteroatoms. The van der Waals surface area contributed by atoms with Crippen LogP contribution in [0.1, 0.15) is 27.9 Å². The van der Waals surface area contributed by atoms with Crippen molar-refractivity contribution in [2.24, 2.45) is 7.05 Å². The van der Waals surface area contributed by atoms with E-state index < -0.39 is 12.0 Å². The Morgan fingerprint density at radius 3 is 3.00 bits per heavy atom.